The highest BCUT2D eigenvalue weighted by Gasteiger charge is 2.36. The van der Waals surface area contributed by atoms with E-state index < -0.39 is 0 Å². The standard InChI is InChI=1S/C22H15NO4S/c1-14(24)15-6-5-7-16(12-15)19-11-10-18(27-19)13-20-21(25)23(22(26)28-20)17-8-3-2-4-9-17/h2-13H,1H3/b20-13-. The van der Waals surface area contributed by atoms with Crippen molar-refractivity contribution in [1.82, 2.24) is 0 Å². The third-order valence-electron chi connectivity index (χ3n) is 4.26. The van der Waals surface area contributed by atoms with Crippen LogP contribution in [-0.4, -0.2) is 16.9 Å². The second-order valence-electron chi connectivity index (χ2n) is 6.19. The number of nitrogens with zero attached hydrogens (tertiary/aromatic N) is 1. The lowest BCUT2D eigenvalue weighted by Gasteiger charge is -2.11. The van der Waals surface area contributed by atoms with Gasteiger partial charge in [0.05, 0.1) is 10.6 Å². The molecule has 1 aromatic heterocycles. The van der Waals surface area contributed by atoms with Gasteiger partial charge in [-0.15, -0.1) is 0 Å². The van der Waals surface area contributed by atoms with Crippen LogP contribution in [0.5, 0.6) is 0 Å². The van der Waals surface area contributed by atoms with Crippen LogP contribution in [-0.2, 0) is 4.79 Å². The molecular weight excluding hydrogens is 374 g/mol. The molecule has 0 saturated carbocycles. The number of furan rings is 1. The molecule has 1 saturated heterocycles. The summed E-state index contributed by atoms with van der Waals surface area (Å²) in [6.45, 7) is 1.51. The maximum Gasteiger partial charge on any atom is 0.298 e. The zero-order chi connectivity index (χ0) is 19.7. The van der Waals surface area contributed by atoms with Gasteiger partial charge in [0.15, 0.2) is 5.78 Å². The van der Waals surface area contributed by atoms with Crippen LogP contribution in [0.1, 0.15) is 23.0 Å². The Balaban J connectivity index is 1.61. The number of ketones is 1. The predicted molar refractivity (Wildman–Crippen MR) is 109 cm³/mol. The Kier molecular flexibility index (Phi) is 4.71. The SMILES string of the molecule is CC(=O)c1cccc(-c2ccc(/C=C3\SC(=O)N(c4ccccc4)C3=O)o2)c1. The number of carbonyl (C=O) groups excluding carboxylic acids is 3. The van der Waals surface area contributed by atoms with Crippen molar-refractivity contribution in [2.45, 2.75) is 6.92 Å². The number of amides is 2. The number of thioether (sulfide) groups is 1. The number of benzene rings is 2. The lowest BCUT2D eigenvalue weighted by molar-refractivity contribution is -0.113. The van der Waals surface area contributed by atoms with E-state index in [4.69, 9.17) is 4.42 Å². The van der Waals surface area contributed by atoms with Crippen LogP contribution in [0.25, 0.3) is 17.4 Å². The molecule has 138 valence electrons. The van der Waals surface area contributed by atoms with Gasteiger partial charge in [-0.2, -0.15) is 0 Å². The zero-order valence-corrected chi connectivity index (χ0v) is 15.7. The van der Waals surface area contributed by atoms with Crippen molar-refractivity contribution in [1.29, 1.82) is 0 Å². The lowest BCUT2D eigenvalue weighted by Crippen LogP contribution is -2.27. The fourth-order valence-electron chi connectivity index (χ4n) is 2.87. The third-order valence-corrected chi connectivity index (χ3v) is 5.13. The minimum absolute atomic E-state index is 0.0248. The summed E-state index contributed by atoms with van der Waals surface area (Å²) in [6.07, 6.45) is 1.56. The predicted octanol–water partition coefficient (Wildman–Crippen LogP) is 5.39. The molecule has 3 aromatic rings. The maximum absolute atomic E-state index is 12.7. The van der Waals surface area contributed by atoms with E-state index in [2.05, 4.69) is 0 Å². The van der Waals surface area contributed by atoms with Crippen molar-refractivity contribution in [3.05, 3.63) is 83.0 Å². The summed E-state index contributed by atoms with van der Waals surface area (Å²) in [4.78, 5) is 37.9. The van der Waals surface area contributed by atoms with Gasteiger partial charge in [-0.05, 0) is 49.0 Å². The first kappa shape index (κ1) is 18.0. The van der Waals surface area contributed by atoms with Crippen molar-refractivity contribution in [3.63, 3.8) is 0 Å². The second-order valence-corrected chi connectivity index (χ2v) is 7.18. The Morgan fingerprint density at radius 2 is 1.79 bits per heavy atom. The highest BCUT2D eigenvalue weighted by molar-refractivity contribution is 8.19. The van der Waals surface area contributed by atoms with Gasteiger partial charge in [0, 0.05) is 17.2 Å². The molecule has 1 aliphatic heterocycles. The molecule has 2 amide bonds. The summed E-state index contributed by atoms with van der Waals surface area (Å²) in [5.41, 5.74) is 1.90. The highest BCUT2D eigenvalue weighted by atomic mass is 32.2. The van der Waals surface area contributed by atoms with Crippen LogP contribution in [0.3, 0.4) is 0 Å². The van der Waals surface area contributed by atoms with Gasteiger partial charge in [-0.3, -0.25) is 14.4 Å². The molecule has 0 bridgehead atoms. The molecule has 0 spiro atoms. The second kappa shape index (κ2) is 7.32. The first-order valence-corrected chi connectivity index (χ1v) is 9.39. The van der Waals surface area contributed by atoms with Gasteiger partial charge in [-0.1, -0.05) is 36.4 Å². The van der Waals surface area contributed by atoms with Crippen LogP contribution in [0.4, 0.5) is 10.5 Å². The Morgan fingerprint density at radius 3 is 2.54 bits per heavy atom. The summed E-state index contributed by atoms with van der Waals surface area (Å²) in [6, 6.07) is 19.4. The summed E-state index contributed by atoms with van der Waals surface area (Å²) in [5.74, 6) is 0.638. The smallest absolute Gasteiger partial charge is 0.298 e. The van der Waals surface area contributed by atoms with Crippen LogP contribution in [0, 0.1) is 0 Å². The number of imide groups is 1. The van der Waals surface area contributed by atoms with Gasteiger partial charge in [0.2, 0.25) is 0 Å². The molecule has 1 fully saturated rings. The highest BCUT2D eigenvalue weighted by Crippen LogP contribution is 2.36. The molecule has 5 nitrogen and oxygen atoms in total. The van der Waals surface area contributed by atoms with E-state index in [9.17, 15) is 14.4 Å². The van der Waals surface area contributed by atoms with Gasteiger partial charge in [0.25, 0.3) is 11.1 Å². The molecule has 2 aromatic carbocycles. The van der Waals surface area contributed by atoms with E-state index >= 15 is 0 Å². The molecule has 2 heterocycles. The molecule has 0 unspecified atom stereocenters. The van der Waals surface area contributed by atoms with Crippen molar-refractivity contribution in [2.24, 2.45) is 0 Å². The van der Waals surface area contributed by atoms with E-state index in [1.807, 2.05) is 12.1 Å². The summed E-state index contributed by atoms with van der Waals surface area (Å²) in [5, 5.41) is -0.344. The topological polar surface area (TPSA) is 67.6 Å². The lowest BCUT2D eigenvalue weighted by atomic mass is 10.1. The number of Topliss-reactive ketones (excluding diaryl/α,β-unsaturated/α-hetero) is 1. The minimum atomic E-state index is -0.377. The largest absolute Gasteiger partial charge is 0.457 e. The van der Waals surface area contributed by atoms with E-state index in [1.165, 1.54) is 6.92 Å². The van der Waals surface area contributed by atoms with E-state index in [-0.39, 0.29) is 16.9 Å². The van der Waals surface area contributed by atoms with Crippen LogP contribution in [0.2, 0.25) is 0 Å². The molecule has 1 aliphatic rings. The van der Waals surface area contributed by atoms with Gasteiger partial charge in [0.1, 0.15) is 11.5 Å². The quantitative estimate of drug-likeness (QED) is 0.442. The fraction of sp³-hybridized carbons (Fsp3) is 0.0455. The van der Waals surface area contributed by atoms with Gasteiger partial charge < -0.3 is 4.42 Å². The third kappa shape index (κ3) is 3.42. The van der Waals surface area contributed by atoms with Gasteiger partial charge >= 0.3 is 0 Å². The molecule has 6 heteroatoms. The number of hydrogen-bond acceptors (Lipinski definition) is 5. The van der Waals surface area contributed by atoms with Crippen molar-refractivity contribution < 1.29 is 18.8 Å². The van der Waals surface area contributed by atoms with Crippen LogP contribution >= 0.6 is 11.8 Å². The Morgan fingerprint density at radius 1 is 1.00 bits per heavy atom. The summed E-state index contributed by atoms with van der Waals surface area (Å²) < 4.78 is 5.81. The number of para-hydroxylation sites is 1. The molecule has 0 aliphatic carbocycles. The van der Waals surface area contributed by atoms with Crippen molar-refractivity contribution >= 4 is 40.5 Å². The first-order valence-electron chi connectivity index (χ1n) is 8.57. The number of anilines is 1. The average Bonchev–Trinajstić information content (AvgIpc) is 3.27. The average molecular weight is 389 g/mol. The van der Waals surface area contributed by atoms with Crippen molar-refractivity contribution in [3.8, 4) is 11.3 Å². The van der Waals surface area contributed by atoms with E-state index in [1.54, 1.807) is 60.7 Å². The minimum Gasteiger partial charge on any atom is -0.457 e. The van der Waals surface area contributed by atoms with E-state index in [0.717, 1.165) is 22.2 Å². The maximum atomic E-state index is 12.7. The Labute approximate surface area is 165 Å². The van der Waals surface area contributed by atoms with Gasteiger partial charge in [-0.25, -0.2) is 4.90 Å². The number of hydrogen-bond donors (Lipinski definition) is 0. The zero-order valence-electron chi connectivity index (χ0n) is 14.9. The van der Waals surface area contributed by atoms with Crippen LogP contribution < -0.4 is 4.90 Å². The Hall–Kier alpha value is -3.38. The molecule has 0 atom stereocenters. The molecule has 0 radical (unpaired) electrons. The molecular formula is C22H15NO4S. The number of rotatable bonds is 4. The Bertz CT molecular complexity index is 1110. The van der Waals surface area contributed by atoms with Crippen molar-refractivity contribution in [2.75, 3.05) is 4.90 Å². The monoisotopic (exact) mass is 389 g/mol. The van der Waals surface area contributed by atoms with Crippen LogP contribution in [0.15, 0.2) is 76.1 Å². The normalized spacial score (nSPS) is 15.5. The summed E-state index contributed by atoms with van der Waals surface area (Å²) >= 11 is 0.877. The first-order chi connectivity index (χ1) is 13.5. The molecule has 4 rings (SSSR count). The number of carbonyl (C=O) groups is 3. The summed E-state index contributed by atoms with van der Waals surface area (Å²) in [7, 11) is 0. The van der Waals surface area contributed by atoms with E-state index in [0.29, 0.717) is 27.7 Å². The molecule has 28 heavy (non-hydrogen) atoms. The molecule has 0 N–H and O–H groups in total. The fourth-order valence-corrected chi connectivity index (χ4v) is 3.70.